The van der Waals surface area contributed by atoms with Crippen molar-refractivity contribution >= 4 is 29.9 Å². The number of hydrogen-bond acceptors (Lipinski definition) is 2. The molecule has 1 unspecified atom stereocenters. The molecule has 122 valence electrons. The number of nitriles is 1. The summed E-state index contributed by atoms with van der Waals surface area (Å²) in [6.45, 7) is 5.10. The van der Waals surface area contributed by atoms with Crippen molar-refractivity contribution in [1.29, 1.82) is 5.26 Å². The molecule has 1 rings (SSSR count). The molecule has 22 heavy (non-hydrogen) atoms. The Balaban J connectivity index is 0.00000441. The van der Waals surface area contributed by atoms with E-state index in [9.17, 15) is 0 Å². The van der Waals surface area contributed by atoms with Gasteiger partial charge in [-0.25, -0.2) is 0 Å². The molecule has 2 N–H and O–H groups in total. The van der Waals surface area contributed by atoms with Gasteiger partial charge in [-0.2, -0.15) is 5.26 Å². The molecule has 0 aliphatic rings. The Morgan fingerprint density at radius 1 is 1.27 bits per heavy atom. The highest BCUT2D eigenvalue weighted by Gasteiger charge is 2.04. The van der Waals surface area contributed by atoms with Crippen LogP contribution in [0, 0.1) is 11.3 Å². The summed E-state index contributed by atoms with van der Waals surface area (Å²) in [6, 6.07) is 10.1. The quantitative estimate of drug-likeness (QED) is 0.309. The van der Waals surface area contributed by atoms with Crippen LogP contribution >= 0.6 is 24.0 Å². The Labute approximate surface area is 151 Å². The Bertz CT molecular complexity index is 476. The minimum Gasteiger partial charge on any atom is -0.354 e. The molecule has 0 radical (unpaired) electrons. The van der Waals surface area contributed by atoms with E-state index in [0.29, 0.717) is 18.2 Å². The fourth-order valence-corrected chi connectivity index (χ4v) is 2.08. The number of unbranched alkanes of at least 4 members (excludes halogenated alkanes) is 2. The fourth-order valence-electron chi connectivity index (χ4n) is 2.08. The molecular weight excluding hydrogens is 387 g/mol. The highest BCUT2D eigenvalue weighted by molar-refractivity contribution is 14.0. The number of halogens is 1. The van der Waals surface area contributed by atoms with Crippen molar-refractivity contribution in [2.45, 2.75) is 52.1 Å². The van der Waals surface area contributed by atoms with E-state index in [1.165, 1.54) is 19.3 Å². The molecule has 0 amide bonds. The summed E-state index contributed by atoms with van der Waals surface area (Å²) in [6.07, 6.45) is 4.93. The van der Waals surface area contributed by atoms with Gasteiger partial charge in [0.15, 0.2) is 5.96 Å². The fraction of sp³-hybridized carbons (Fsp3) is 0.529. The minimum absolute atomic E-state index is 0. The average Bonchev–Trinajstić information content (AvgIpc) is 2.52. The maximum absolute atomic E-state index is 8.78. The van der Waals surface area contributed by atoms with E-state index >= 15 is 0 Å². The van der Waals surface area contributed by atoms with Crippen molar-refractivity contribution in [3.8, 4) is 6.07 Å². The summed E-state index contributed by atoms with van der Waals surface area (Å²) in [7, 11) is 1.78. The first kappa shape index (κ1) is 20.7. The van der Waals surface area contributed by atoms with E-state index in [4.69, 9.17) is 5.26 Å². The second kappa shape index (κ2) is 12.3. The number of nitrogens with one attached hydrogen (secondary N) is 2. The van der Waals surface area contributed by atoms with Crippen LogP contribution in [0.5, 0.6) is 0 Å². The second-order valence-corrected chi connectivity index (χ2v) is 5.28. The van der Waals surface area contributed by atoms with Gasteiger partial charge in [-0.05, 0) is 31.0 Å². The van der Waals surface area contributed by atoms with E-state index in [1.54, 1.807) is 7.05 Å². The molecule has 0 heterocycles. The van der Waals surface area contributed by atoms with Crippen molar-refractivity contribution in [3.05, 3.63) is 35.4 Å². The third kappa shape index (κ3) is 8.23. The molecule has 0 aliphatic heterocycles. The maximum atomic E-state index is 8.78. The zero-order valence-electron chi connectivity index (χ0n) is 13.7. The Morgan fingerprint density at radius 3 is 2.50 bits per heavy atom. The van der Waals surface area contributed by atoms with E-state index in [0.717, 1.165) is 17.9 Å². The van der Waals surface area contributed by atoms with E-state index in [1.807, 2.05) is 24.3 Å². The van der Waals surface area contributed by atoms with Gasteiger partial charge in [0.2, 0.25) is 0 Å². The van der Waals surface area contributed by atoms with Gasteiger partial charge < -0.3 is 10.6 Å². The zero-order chi connectivity index (χ0) is 15.5. The van der Waals surface area contributed by atoms with E-state index < -0.39 is 0 Å². The second-order valence-electron chi connectivity index (χ2n) is 5.28. The monoisotopic (exact) mass is 414 g/mol. The van der Waals surface area contributed by atoms with E-state index in [2.05, 4.69) is 35.5 Å². The first-order valence-electron chi connectivity index (χ1n) is 7.65. The molecule has 1 aromatic carbocycles. The molecule has 0 bridgehead atoms. The molecule has 0 saturated carbocycles. The van der Waals surface area contributed by atoms with Crippen LogP contribution in [-0.4, -0.2) is 19.0 Å². The summed E-state index contributed by atoms with van der Waals surface area (Å²) < 4.78 is 0. The van der Waals surface area contributed by atoms with Crippen molar-refractivity contribution in [3.63, 3.8) is 0 Å². The average molecular weight is 414 g/mol. The van der Waals surface area contributed by atoms with Gasteiger partial charge in [0.1, 0.15) is 0 Å². The van der Waals surface area contributed by atoms with E-state index in [-0.39, 0.29) is 24.0 Å². The number of benzene rings is 1. The molecule has 0 spiro atoms. The highest BCUT2D eigenvalue weighted by Crippen LogP contribution is 2.04. The van der Waals surface area contributed by atoms with Crippen LogP contribution in [0.1, 0.15) is 50.7 Å². The zero-order valence-corrected chi connectivity index (χ0v) is 16.1. The van der Waals surface area contributed by atoms with Gasteiger partial charge in [-0.3, -0.25) is 4.99 Å². The Kier molecular flexibility index (Phi) is 11.6. The summed E-state index contributed by atoms with van der Waals surface area (Å²) >= 11 is 0. The summed E-state index contributed by atoms with van der Waals surface area (Å²) in [5.74, 6) is 0.823. The number of aliphatic imine (C=N–C) groups is 1. The lowest BCUT2D eigenvalue weighted by Gasteiger charge is -2.18. The van der Waals surface area contributed by atoms with Gasteiger partial charge in [0.05, 0.1) is 11.6 Å². The maximum Gasteiger partial charge on any atom is 0.191 e. The van der Waals surface area contributed by atoms with Crippen LogP contribution in [0.25, 0.3) is 0 Å². The lowest BCUT2D eigenvalue weighted by atomic mass is 10.1. The van der Waals surface area contributed by atoms with Crippen LogP contribution in [0.15, 0.2) is 29.3 Å². The van der Waals surface area contributed by atoms with Crippen molar-refractivity contribution in [2.75, 3.05) is 7.05 Å². The molecule has 0 saturated heterocycles. The standard InChI is InChI=1S/C17H26N4.HI/c1-4-5-6-7-14(2)21-17(19-3)20-13-16-10-8-15(12-18)9-11-16;/h8-11,14H,4-7,13H2,1-3H3,(H2,19,20,21);1H. The SMILES string of the molecule is CCCCCC(C)NC(=NC)NCc1ccc(C#N)cc1.I. The van der Waals surface area contributed by atoms with Gasteiger partial charge in [0.25, 0.3) is 0 Å². The predicted octanol–water partition coefficient (Wildman–Crippen LogP) is 3.81. The molecule has 1 atom stereocenters. The summed E-state index contributed by atoms with van der Waals surface area (Å²) in [5.41, 5.74) is 1.82. The number of guanidine groups is 1. The van der Waals surface area contributed by atoms with Crippen molar-refractivity contribution < 1.29 is 0 Å². The van der Waals surface area contributed by atoms with Crippen LogP contribution in [0.3, 0.4) is 0 Å². The first-order valence-corrected chi connectivity index (χ1v) is 7.65. The van der Waals surface area contributed by atoms with Gasteiger partial charge in [-0.15, -0.1) is 24.0 Å². The molecule has 0 aliphatic carbocycles. The van der Waals surface area contributed by atoms with Crippen LogP contribution < -0.4 is 10.6 Å². The summed E-state index contributed by atoms with van der Waals surface area (Å²) in [5, 5.41) is 15.5. The number of nitrogens with zero attached hydrogens (tertiary/aromatic N) is 2. The lowest BCUT2D eigenvalue weighted by Crippen LogP contribution is -2.41. The highest BCUT2D eigenvalue weighted by atomic mass is 127. The smallest absolute Gasteiger partial charge is 0.191 e. The molecule has 5 heteroatoms. The largest absolute Gasteiger partial charge is 0.354 e. The number of rotatable bonds is 7. The Hall–Kier alpha value is -1.29. The normalized spacial score (nSPS) is 12.0. The van der Waals surface area contributed by atoms with Gasteiger partial charge in [0, 0.05) is 19.6 Å². The lowest BCUT2D eigenvalue weighted by molar-refractivity contribution is 0.546. The predicted molar refractivity (Wildman–Crippen MR) is 104 cm³/mol. The van der Waals surface area contributed by atoms with Crippen LogP contribution in [-0.2, 0) is 6.54 Å². The van der Waals surface area contributed by atoms with Gasteiger partial charge >= 0.3 is 0 Å². The topological polar surface area (TPSA) is 60.2 Å². The minimum atomic E-state index is 0. The van der Waals surface area contributed by atoms with Crippen LogP contribution in [0.2, 0.25) is 0 Å². The van der Waals surface area contributed by atoms with Crippen molar-refractivity contribution in [1.82, 2.24) is 10.6 Å². The molecule has 0 fully saturated rings. The van der Waals surface area contributed by atoms with Crippen molar-refractivity contribution in [2.24, 2.45) is 4.99 Å². The van der Waals surface area contributed by atoms with Gasteiger partial charge in [-0.1, -0.05) is 38.3 Å². The molecule has 4 nitrogen and oxygen atoms in total. The third-order valence-electron chi connectivity index (χ3n) is 3.39. The molecule has 0 aromatic heterocycles. The Morgan fingerprint density at radius 2 is 1.95 bits per heavy atom. The number of hydrogen-bond donors (Lipinski definition) is 2. The molecular formula is C17H27IN4. The molecule has 1 aromatic rings. The first-order chi connectivity index (χ1) is 10.2. The third-order valence-corrected chi connectivity index (χ3v) is 3.39. The summed E-state index contributed by atoms with van der Waals surface area (Å²) in [4.78, 5) is 4.25. The van der Waals surface area contributed by atoms with Crippen LogP contribution in [0.4, 0.5) is 0 Å².